The van der Waals surface area contributed by atoms with Crippen molar-refractivity contribution in [3.8, 4) is 5.75 Å². The number of rotatable bonds is 7. The highest BCUT2D eigenvalue weighted by molar-refractivity contribution is 5.76. The Hall–Kier alpha value is -2.47. The molecule has 2 heterocycles. The van der Waals surface area contributed by atoms with E-state index < -0.39 is 0 Å². The SMILES string of the molecule is COc1ccc(N2CC[NH+]([C@H](CNC(=O)CC(C)(C)C)c3ccco3)CC2)cc1. The van der Waals surface area contributed by atoms with Gasteiger partial charge in [0.05, 0.1) is 46.1 Å². The number of nitrogens with one attached hydrogen (secondary N) is 2. The number of carbonyl (C=O) groups excluding carboxylic acids is 1. The van der Waals surface area contributed by atoms with Crippen LogP contribution in [0, 0.1) is 5.41 Å². The highest BCUT2D eigenvalue weighted by atomic mass is 16.5. The molecule has 0 aliphatic carbocycles. The molecule has 29 heavy (non-hydrogen) atoms. The highest BCUT2D eigenvalue weighted by Gasteiger charge is 2.31. The average Bonchev–Trinajstić information content (AvgIpc) is 3.22. The number of anilines is 1. The first kappa shape index (κ1) is 21.2. The Morgan fingerprint density at radius 2 is 1.90 bits per heavy atom. The fraction of sp³-hybridized carbons (Fsp3) is 0.522. The van der Waals surface area contributed by atoms with Gasteiger partial charge in [-0.1, -0.05) is 20.8 Å². The van der Waals surface area contributed by atoms with Gasteiger partial charge >= 0.3 is 0 Å². The van der Waals surface area contributed by atoms with Crippen molar-refractivity contribution >= 4 is 11.6 Å². The van der Waals surface area contributed by atoms with Crippen LogP contribution in [0.5, 0.6) is 5.75 Å². The second kappa shape index (κ2) is 9.35. The fourth-order valence-corrected chi connectivity index (χ4v) is 3.89. The summed E-state index contributed by atoms with van der Waals surface area (Å²) in [6.07, 6.45) is 2.24. The summed E-state index contributed by atoms with van der Waals surface area (Å²) in [7, 11) is 1.69. The molecule has 0 unspecified atom stereocenters. The van der Waals surface area contributed by atoms with Crippen molar-refractivity contribution in [2.75, 3.05) is 44.7 Å². The van der Waals surface area contributed by atoms with Gasteiger partial charge in [0, 0.05) is 12.1 Å². The van der Waals surface area contributed by atoms with E-state index in [1.807, 2.05) is 24.3 Å². The van der Waals surface area contributed by atoms with E-state index in [0.717, 1.165) is 37.7 Å². The zero-order valence-corrected chi connectivity index (χ0v) is 18.0. The molecule has 1 atom stereocenters. The van der Waals surface area contributed by atoms with Gasteiger partial charge in [-0.3, -0.25) is 4.79 Å². The Morgan fingerprint density at radius 1 is 1.21 bits per heavy atom. The highest BCUT2D eigenvalue weighted by Crippen LogP contribution is 2.20. The number of benzene rings is 1. The number of piperazine rings is 1. The third-order valence-corrected chi connectivity index (χ3v) is 5.42. The quantitative estimate of drug-likeness (QED) is 0.749. The number of methoxy groups -OCH3 is 1. The molecule has 6 nitrogen and oxygen atoms in total. The summed E-state index contributed by atoms with van der Waals surface area (Å²) in [4.78, 5) is 16.2. The third-order valence-electron chi connectivity index (χ3n) is 5.42. The maximum atomic E-state index is 12.3. The molecule has 0 bridgehead atoms. The molecular formula is C23H34N3O3+. The van der Waals surface area contributed by atoms with Crippen LogP contribution in [0.3, 0.4) is 0 Å². The van der Waals surface area contributed by atoms with E-state index in [4.69, 9.17) is 9.15 Å². The van der Waals surface area contributed by atoms with Crippen molar-refractivity contribution in [1.82, 2.24) is 5.32 Å². The summed E-state index contributed by atoms with van der Waals surface area (Å²) in [5, 5.41) is 3.13. The molecule has 158 valence electrons. The van der Waals surface area contributed by atoms with E-state index in [1.54, 1.807) is 13.4 Å². The van der Waals surface area contributed by atoms with Crippen LogP contribution < -0.4 is 19.9 Å². The van der Waals surface area contributed by atoms with E-state index in [9.17, 15) is 4.79 Å². The third kappa shape index (κ3) is 6.00. The maximum Gasteiger partial charge on any atom is 0.220 e. The van der Waals surface area contributed by atoms with E-state index in [-0.39, 0.29) is 17.4 Å². The van der Waals surface area contributed by atoms with Crippen LogP contribution >= 0.6 is 0 Å². The van der Waals surface area contributed by atoms with Crippen LogP contribution in [-0.4, -0.2) is 45.7 Å². The molecule has 0 spiro atoms. The van der Waals surface area contributed by atoms with Gasteiger partial charge in [0.25, 0.3) is 0 Å². The van der Waals surface area contributed by atoms with Gasteiger partial charge in [-0.2, -0.15) is 0 Å². The van der Waals surface area contributed by atoms with Crippen molar-refractivity contribution in [2.24, 2.45) is 5.41 Å². The Bertz CT molecular complexity index is 758. The summed E-state index contributed by atoms with van der Waals surface area (Å²) < 4.78 is 11.0. The van der Waals surface area contributed by atoms with Crippen LogP contribution in [0.2, 0.25) is 0 Å². The fourth-order valence-electron chi connectivity index (χ4n) is 3.89. The summed E-state index contributed by atoms with van der Waals surface area (Å²) >= 11 is 0. The number of nitrogens with zero attached hydrogens (tertiary/aromatic N) is 1. The lowest BCUT2D eigenvalue weighted by Gasteiger charge is -2.37. The predicted octanol–water partition coefficient (Wildman–Crippen LogP) is 2.29. The molecule has 1 aromatic heterocycles. The summed E-state index contributed by atoms with van der Waals surface area (Å²) in [6, 6.07) is 12.3. The first-order chi connectivity index (χ1) is 13.9. The first-order valence-electron chi connectivity index (χ1n) is 10.4. The molecule has 6 heteroatoms. The van der Waals surface area contributed by atoms with Gasteiger partial charge in [0.15, 0.2) is 11.8 Å². The second-order valence-electron chi connectivity index (χ2n) is 8.95. The van der Waals surface area contributed by atoms with E-state index >= 15 is 0 Å². The maximum absolute atomic E-state index is 12.3. The van der Waals surface area contributed by atoms with E-state index in [1.165, 1.54) is 10.6 Å². The number of ether oxygens (including phenoxy) is 1. The zero-order chi connectivity index (χ0) is 20.9. The van der Waals surface area contributed by atoms with Crippen molar-refractivity contribution in [1.29, 1.82) is 0 Å². The van der Waals surface area contributed by atoms with E-state index in [2.05, 4.69) is 43.1 Å². The summed E-state index contributed by atoms with van der Waals surface area (Å²) in [5.74, 6) is 1.92. The molecule has 2 N–H and O–H groups in total. The van der Waals surface area contributed by atoms with Crippen LogP contribution in [0.1, 0.15) is 39.0 Å². The molecular weight excluding hydrogens is 366 g/mol. The van der Waals surface area contributed by atoms with Gasteiger partial charge < -0.3 is 24.3 Å². The predicted molar refractivity (Wildman–Crippen MR) is 114 cm³/mol. The lowest BCUT2D eigenvalue weighted by molar-refractivity contribution is -0.932. The molecule has 0 saturated carbocycles. The standard InChI is InChI=1S/C23H33N3O3/c1-23(2,3)16-22(27)24-17-20(21-6-5-15-29-21)26-13-11-25(12-14-26)18-7-9-19(28-4)10-8-18/h5-10,15,20H,11-14,16-17H2,1-4H3,(H,24,27)/p+1/t20-/m1/s1. The van der Waals surface area contributed by atoms with Crippen molar-refractivity contribution in [3.63, 3.8) is 0 Å². The van der Waals surface area contributed by atoms with Gasteiger partial charge in [-0.05, 0) is 41.8 Å². The van der Waals surface area contributed by atoms with Gasteiger partial charge in [0.1, 0.15) is 5.75 Å². The lowest BCUT2D eigenvalue weighted by atomic mass is 9.92. The largest absolute Gasteiger partial charge is 0.497 e. The van der Waals surface area contributed by atoms with Crippen molar-refractivity contribution < 1.29 is 18.8 Å². The summed E-state index contributed by atoms with van der Waals surface area (Å²) in [6.45, 7) is 10.8. The molecule has 1 saturated heterocycles. The minimum absolute atomic E-state index is 0.0128. The number of hydrogen-bond donors (Lipinski definition) is 2. The number of hydrogen-bond acceptors (Lipinski definition) is 4. The zero-order valence-electron chi connectivity index (χ0n) is 18.0. The number of amides is 1. The minimum Gasteiger partial charge on any atom is -0.497 e. The van der Waals surface area contributed by atoms with Crippen molar-refractivity contribution in [2.45, 2.75) is 33.2 Å². The van der Waals surface area contributed by atoms with Crippen LogP contribution in [0.4, 0.5) is 5.69 Å². The number of furan rings is 1. The normalized spacial score (nSPS) is 16.5. The van der Waals surface area contributed by atoms with Gasteiger partial charge in [0.2, 0.25) is 5.91 Å². The Labute approximate surface area is 173 Å². The second-order valence-corrected chi connectivity index (χ2v) is 8.95. The van der Waals surface area contributed by atoms with Gasteiger partial charge in [-0.25, -0.2) is 0 Å². The molecule has 1 fully saturated rings. The lowest BCUT2D eigenvalue weighted by Crippen LogP contribution is -3.15. The molecule has 1 aliphatic heterocycles. The monoisotopic (exact) mass is 400 g/mol. The molecule has 3 rings (SSSR count). The summed E-state index contributed by atoms with van der Waals surface area (Å²) in [5.41, 5.74) is 1.21. The number of carbonyl (C=O) groups is 1. The smallest absolute Gasteiger partial charge is 0.220 e. The molecule has 2 aromatic rings. The van der Waals surface area contributed by atoms with Crippen molar-refractivity contribution in [3.05, 3.63) is 48.4 Å². The van der Waals surface area contributed by atoms with E-state index in [0.29, 0.717) is 13.0 Å². The topological polar surface area (TPSA) is 59.1 Å². The van der Waals surface area contributed by atoms with Crippen LogP contribution in [0.15, 0.2) is 47.1 Å². The first-order valence-corrected chi connectivity index (χ1v) is 10.4. The Kier molecular flexibility index (Phi) is 6.85. The molecule has 0 radical (unpaired) electrons. The Balaban J connectivity index is 1.60. The van der Waals surface area contributed by atoms with Crippen LogP contribution in [0.25, 0.3) is 0 Å². The van der Waals surface area contributed by atoms with Crippen LogP contribution in [-0.2, 0) is 4.79 Å². The minimum atomic E-state index is -0.0128. The molecule has 1 aromatic carbocycles. The average molecular weight is 401 g/mol. The molecule has 1 amide bonds. The number of quaternary nitrogens is 1. The van der Waals surface area contributed by atoms with Gasteiger partial charge in [-0.15, -0.1) is 0 Å². The Morgan fingerprint density at radius 3 is 2.45 bits per heavy atom. The molecule has 1 aliphatic rings.